The van der Waals surface area contributed by atoms with E-state index in [0.29, 0.717) is 54.3 Å². The van der Waals surface area contributed by atoms with E-state index in [4.69, 9.17) is 9.47 Å². The molecule has 28 heavy (non-hydrogen) atoms. The standard InChI is InChI=1S/C21H21FN2O4/c1-12(2)27-20-6-3-14(11-23-20)28-19-7-8-24(21(19)26)13-9-16-15(17(22)10-13)4-5-18(16)25/h3,6,9-12,19H,4-5,7-8H2,1-2H3/t19-/m1/s1. The van der Waals surface area contributed by atoms with Crippen molar-refractivity contribution in [2.75, 3.05) is 11.4 Å². The number of amides is 1. The highest BCUT2D eigenvalue weighted by Crippen LogP contribution is 2.32. The molecule has 0 spiro atoms. The molecule has 7 heteroatoms. The quantitative estimate of drug-likeness (QED) is 0.791. The van der Waals surface area contributed by atoms with Crippen LogP contribution in [-0.4, -0.2) is 35.4 Å². The number of benzene rings is 1. The lowest BCUT2D eigenvalue weighted by Gasteiger charge is -2.18. The first-order valence-corrected chi connectivity index (χ1v) is 9.38. The first kappa shape index (κ1) is 18.4. The van der Waals surface area contributed by atoms with E-state index >= 15 is 0 Å². The Hall–Kier alpha value is -2.96. The van der Waals surface area contributed by atoms with Crippen LogP contribution in [0, 0.1) is 5.82 Å². The third kappa shape index (κ3) is 3.44. The molecule has 1 aliphatic carbocycles. The van der Waals surface area contributed by atoms with Gasteiger partial charge in [0, 0.05) is 36.7 Å². The number of nitrogens with zero attached hydrogens (tertiary/aromatic N) is 2. The van der Waals surface area contributed by atoms with Crippen molar-refractivity contribution in [3.63, 3.8) is 0 Å². The van der Waals surface area contributed by atoms with Crippen LogP contribution in [0.25, 0.3) is 0 Å². The first-order valence-electron chi connectivity index (χ1n) is 9.38. The number of aromatic nitrogens is 1. The van der Waals surface area contributed by atoms with Crippen LogP contribution in [0.1, 0.15) is 42.6 Å². The number of Topliss-reactive ketones (excluding diaryl/α,β-unsaturated/α-hetero) is 1. The lowest BCUT2D eigenvalue weighted by molar-refractivity contribution is -0.122. The SMILES string of the molecule is CC(C)Oc1ccc(O[C@@H]2CCN(c3cc(F)c4c(c3)C(=O)CC4)C2=O)cn1. The molecule has 0 unspecified atom stereocenters. The van der Waals surface area contributed by atoms with Crippen molar-refractivity contribution in [3.05, 3.63) is 47.4 Å². The Kier molecular flexibility index (Phi) is 4.75. The predicted octanol–water partition coefficient (Wildman–Crippen LogP) is 3.32. The molecule has 146 valence electrons. The van der Waals surface area contributed by atoms with Gasteiger partial charge in [0.25, 0.3) is 5.91 Å². The number of carbonyl (C=O) groups is 2. The van der Waals surface area contributed by atoms with Gasteiger partial charge in [-0.3, -0.25) is 9.59 Å². The average Bonchev–Trinajstić information content (AvgIpc) is 3.20. The fourth-order valence-electron chi connectivity index (χ4n) is 3.59. The van der Waals surface area contributed by atoms with Gasteiger partial charge in [0.15, 0.2) is 11.9 Å². The summed E-state index contributed by atoms with van der Waals surface area (Å²) in [5, 5.41) is 0. The highest BCUT2D eigenvalue weighted by atomic mass is 19.1. The van der Waals surface area contributed by atoms with Gasteiger partial charge >= 0.3 is 0 Å². The first-order chi connectivity index (χ1) is 13.4. The number of ketones is 1. The largest absolute Gasteiger partial charge is 0.479 e. The molecule has 1 aliphatic heterocycles. The summed E-state index contributed by atoms with van der Waals surface area (Å²) >= 11 is 0. The van der Waals surface area contributed by atoms with Crippen LogP contribution in [0.2, 0.25) is 0 Å². The molecule has 2 heterocycles. The van der Waals surface area contributed by atoms with E-state index in [9.17, 15) is 14.0 Å². The molecule has 1 atom stereocenters. The fraction of sp³-hybridized carbons (Fsp3) is 0.381. The molecule has 1 aromatic carbocycles. The smallest absolute Gasteiger partial charge is 0.268 e. The van der Waals surface area contributed by atoms with Gasteiger partial charge in [-0.15, -0.1) is 0 Å². The Morgan fingerprint density at radius 2 is 2.04 bits per heavy atom. The summed E-state index contributed by atoms with van der Waals surface area (Å²) in [5.41, 5.74) is 1.24. The van der Waals surface area contributed by atoms with Crippen LogP contribution >= 0.6 is 0 Å². The van der Waals surface area contributed by atoms with Crippen LogP contribution < -0.4 is 14.4 Å². The van der Waals surface area contributed by atoms with Gasteiger partial charge in [-0.05, 0) is 44.0 Å². The molecule has 1 saturated heterocycles. The Labute approximate surface area is 162 Å². The molecule has 6 nitrogen and oxygen atoms in total. The van der Waals surface area contributed by atoms with Crippen molar-refractivity contribution in [2.45, 2.75) is 45.3 Å². The minimum atomic E-state index is -0.675. The Balaban J connectivity index is 1.48. The number of hydrogen-bond acceptors (Lipinski definition) is 5. The molecule has 2 aliphatic rings. The number of anilines is 1. The number of hydrogen-bond donors (Lipinski definition) is 0. The molecule has 4 rings (SSSR count). The number of ether oxygens (including phenoxy) is 2. The highest BCUT2D eigenvalue weighted by molar-refractivity contribution is 6.04. The monoisotopic (exact) mass is 384 g/mol. The van der Waals surface area contributed by atoms with Gasteiger partial charge in [-0.25, -0.2) is 9.37 Å². The molecule has 1 aromatic heterocycles. The van der Waals surface area contributed by atoms with Gasteiger partial charge in [-0.2, -0.15) is 0 Å². The summed E-state index contributed by atoms with van der Waals surface area (Å²) in [7, 11) is 0. The summed E-state index contributed by atoms with van der Waals surface area (Å²) in [5.74, 6) is 0.185. The van der Waals surface area contributed by atoms with E-state index in [1.807, 2.05) is 13.8 Å². The van der Waals surface area contributed by atoms with Gasteiger partial charge in [0.05, 0.1) is 12.3 Å². The molecule has 1 amide bonds. The normalized spacial score (nSPS) is 18.7. The molecule has 0 radical (unpaired) electrons. The number of fused-ring (bicyclic) bond motifs is 1. The summed E-state index contributed by atoms with van der Waals surface area (Å²) in [6.07, 6.45) is 2.06. The van der Waals surface area contributed by atoms with Crippen molar-refractivity contribution in [1.82, 2.24) is 4.98 Å². The van der Waals surface area contributed by atoms with Crippen molar-refractivity contribution in [3.8, 4) is 11.6 Å². The van der Waals surface area contributed by atoms with Gasteiger partial charge in [-0.1, -0.05) is 0 Å². The minimum Gasteiger partial charge on any atom is -0.479 e. The Bertz CT molecular complexity index is 927. The van der Waals surface area contributed by atoms with Crippen LogP contribution in [0.4, 0.5) is 10.1 Å². The van der Waals surface area contributed by atoms with Gasteiger partial charge in [0.1, 0.15) is 11.6 Å². The van der Waals surface area contributed by atoms with Gasteiger partial charge in [0.2, 0.25) is 5.88 Å². The molecular formula is C21H21FN2O4. The number of carbonyl (C=O) groups excluding carboxylic acids is 2. The van der Waals surface area contributed by atoms with Crippen molar-refractivity contribution >= 4 is 17.4 Å². The van der Waals surface area contributed by atoms with Crippen molar-refractivity contribution in [2.24, 2.45) is 0 Å². The lowest BCUT2D eigenvalue weighted by atomic mass is 10.1. The molecule has 0 bridgehead atoms. The van der Waals surface area contributed by atoms with Crippen molar-refractivity contribution in [1.29, 1.82) is 0 Å². The maximum atomic E-state index is 14.3. The van der Waals surface area contributed by atoms with E-state index in [-0.39, 0.29) is 17.8 Å². The zero-order chi connectivity index (χ0) is 19.8. The topological polar surface area (TPSA) is 68.7 Å². The van der Waals surface area contributed by atoms with Crippen LogP contribution in [-0.2, 0) is 11.2 Å². The molecule has 0 saturated carbocycles. The Morgan fingerprint density at radius 1 is 1.21 bits per heavy atom. The second-order valence-corrected chi connectivity index (χ2v) is 7.26. The highest BCUT2D eigenvalue weighted by Gasteiger charge is 2.36. The zero-order valence-corrected chi connectivity index (χ0v) is 15.8. The predicted molar refractivity (Wildman–Crippen MR) is 100 cm³/mol. The van der Waals surface area contributed by atoms with E-state index in [1.54, 1.807) is 18.2 Å². The van der Waals surface area contributed by atoms with Crippen LogP contribution in [0.3, 0.4) is 0 Å². The van der Waals surface area contributed by atoms with E-state index in [0.717, 1.165) is 0 Å². The van der Waals surface area contributed by atoms with Crippen LogP contribution in [0.15, 0.2) is 30.5 Å². The zero-order valence-electron chi connectivity index (χ0n) is 15.8. The molecule has 2 aromatic rings. The summed E-state index contributed by atoms with van der Waals surface area (Å²) in [6, 6.07) is 6.34. The fourth-order valence-corrected chi connectivity index (χ4v) is 3.59. The van der Waals surface area contributed by atoms with Gasteiger partial charge < -0.3 is 14.4 Å². The maximum Gasteiger partial charge on any atom is 0.268 e. The van der Waals surface area contributed by atoms with E-state index < -0.39 is 11.9 Å². The lowest BCUT2D eigenvalue weighted by Crippen LogP contribution is -2.32. The number of halogens is 1. The minimum absolute atomic E-state index is 0.0174. The summed E-state index contributed by atoms with van der Waals surface area (Å²) in [4.78, 5) is 30.4. The third-order valence-corrected chi connectivity index (χ3v) is 4.89. The maximum absolute atomic E-state index is 14.3. The average molecular weight is 384 g/mol. The number of pyridine rings is 1. The Morgan fingerprint density at radius 3 is 2.75 bits per heavy atom. The molecular weight excluding hydrogens is 363 g/mol. The summed E-state index contributed by atoms with van der Waals surface area (Å²) in [6.45, 7) is 4.22. The van der Waals surface area contributed by atoms with E-state index in [1.165, 1.54) is 17.2 Å². The second-order valence-electron chi connectivity index (χ2n) is 7.26. The summed E-state index contributed by atoms with van der Waals surface area (Å²) < 4.78 is 25.6. The number of rotatable bonds is 5. The third-order valence-electron chi connectivity index (χ3n) is 4.89. The van der Waals surface area contributed by atoms with Crippen molar-refractivity contribution < 1.29 is 23.5 Å². The molecule has 1 fully saturated rings. The molecule has 0 N–H and O–H groups in total. The second kappa shape index (κ2) is 7.22. The van der Waals surface area contributed by atoms with Crippen LogP contribution in [0.5, 0.6) is 11.6 Å². The van der Waals surface area contributed by atoms with E-state index in [2.05, 4.69) is 4.98 Å².